The molecule has 1 saturated heterocycles. The van der Waals surface area contributed by atoms with Gasteiger partial charge in [0.15, 0.2) is 11.4 Å². The number of fused-ring (bicyclic) bond motifs is 2. The minimum atomic E-state index is -0.490. The quantitative estimate of drug-likeness (QED) is 0.304. The topological polar surface area (TPSA) is 92.2 Å². The second-order valence-corrected chi connectivity index (χ2v) is 12.5. The maximum absolute atomic E-state index is 12.6. The predicted octanol–water partition coefficient (Wildman–Crippen LogP) is 6.43. The Hall–Kier alpha value is -4.01. The van der Waals surface area contributed by atoms with Crippen LogP contribution in [0.1, 0.15) is 80.9 Å². The zero-order valence-corrected chi connectivity index (χ0v) is 25.4. The summed E-state index contributed by atoms with van der Waals surface area (Å²) < 4.78 is 13.2. The Balaban J connectivity index is 1.48. The molecule has 0 unspecified atom stereocenters. The number of piperidine rings is 1. The third-order valence-electron chi connectivity index (χ3n) is 7.71. The fourth-order valence-corrected chi connectivity index (χ4v) is 5.72. The fourth-order valence-electron chi connectivity index (χ4n) is 5.72. The zero-order chi connectivity index (χ0) is 29.6. The molecule has 2 amide bonds. The summed E-state index contributed by atoms with van der Waals surface area (Å²) in [6, 6.07) is 8.68. The van der Waals surface area contributed by atoms with Crippen LogP contribution in [0.4, 0.5) is 4.79 Å². The minimum Gasteiger partial charge on any atom is -0.493 e. The number of ether oxygens (including phenoxy) is 2. The number of benzene rings is 1. The van der Waals surface area contributed by atoms with Crippen LogP contribution in [0, 0.1) is 0 Å². The Kier molecular flexibility index (Phi) is 7.48. The lowest BCUT2D eigenvalue weighted by Crippen LogP contribution is -2.41. The van der Waals surface area contributed by atoms with Gasteiger partial charge < -0.3 is 28.7 Å². The molecule has 1 N–H and O–H groups in total. The average molecular weight is 560 g/mol. The molecular weight excluding hydrogens is 518 g/mol. The number of aromatic nitrogens is 3. The molecule has 3 aromatic heterocycles. The van der Waals surface area contributed by atoms with E-state index < -0.39 is 5.60 Å². The Morgan fingerprint density at radius 1 is 1.10 bits per heavy atom. The molecule has 0 aliphatic carbocycles. The Labute approximate surface area is 241 Å². The predicted molar refractivity (Wildman–Crippen MR) is 161 cm³/mol. The molecule has 0 atom stereocenters. The van der Waals surface area contributed by atoms with Crippen LogP contribution in [-0.4, -0.2) is 76.1 Å². The van der Waals surface area contributed by atoms with E-state index in [0.29, 0.717) is 36.1 Å². The highest BCUT2D eigenvalue weighted by molar-refractivity contribution is 5.94. The third-order valence-corrected chi connectivity index (χ3v) is 7.71. The van der Waals surface area contributed by atoms with Crippen LogP contribution in [0.25, 0.3) is 27.8 Å². The van der Waals surface area contributed by atoms with Gasteiger partial charge in [-0.2, -0.15) is 0 Å². The van der Waals surface area contributed by atoms with E-state index >= 15 is 0 Å². The van der Waals surface area contributed by atoms with Crippen molar-refractivity contribution < 1.29 is 19.1 Å². The van der Waals surface area contributed by atoms with Crippen LogP contribution >= 0.6 is 0 Å². The summed E-state index contributed by atoms with van der Waals surface area (Å²) in [5.41, 5.74) is 6.08. The van der Waals surface area contributed by atoms with Gasteiger partial charge in [-0.3, -0.25) is 4.79 Å². The first-order chi connectivity index (χ1) is 19.4. The number of hydrogen-bond donors (Lipinski definition) is 1. The van der Waals surface area contributed by atoms with E-state index in [-0.39, 0.29) is 17.9 Å². The van der Waals surface area contributed by atoms with Crippen molar-refractivity contribution in [3.05, 3.63) is 53.5 Å². The van der Waals surface area contributed by atoms with Crippen molar-refractivity contribution in [1.29, 1.82) is 0 Å². The summed E-state index contributed by atoms with van der Waals surface area (Å²) in [5, 5.41) is 1.20. The van der Waals surface area contributed by atoms with Crippen molar-refractivity contribution in [3.63, 3.8) is 0 Å². The van der Waals surface area contributed by atoms with E-state index in [9.17, 15) is 9.59 Å². The third kappa shape index (κ3) is 5.62. The first kappa shape index (κ1) is 28.5. The van der Waals surface area contributed by atoms with Crippen LogP contribution in [0.3, 0.4) is 0 Å². The van der Waals surface area contributed by atoms with Crippen LogP contribution in [0.5, 0.6) is 5.75 Å². The molecule has 41 heavy (non-hydrogen) atoms. The summed E-state index contributed by atoms with van der Waals surface area (Å²) >= 11 is 0. The molecule has 9 nitrogen and oxygen atoms in total. The molecule has 1 aliphatic heterocycles. The number of rotatable bonds is 5. The SMILES string of the molecule is COc1cc(-c2[nH]c3ccc(C4CCN(C(=O)OC(C)(C)C)CC4)cc3c2C(C)C)cn2cc(C(=O)N(C)C)nc12. The maximum atomic E-state index is 12.6. The van der Waals surface area contributed by atoms with Crippen molar-refractivity contribution >= 4 is 28.6 Å². The van der Waals surface area contributed by atoms with E-state index in [2.05, 4.69) is 42.0 Å². The van der Waals surface area contributed by atoms with Gasteiger partial charge in [0.1, 0.15) is 11.3 Å². The molecular formula is C32H41N5O4. The lowest BCUT2D eigenvalue weighted by Gasteiger charge is -2.33. The number of likely N-dealkylation sites (tertiary alicyclic amines) is 1. The van der Waals surface area contributed by atoms with Crippen molar-refractivity contribution in [2.45, 2.75) is 64.9 Å². The normalized spacial score (nSPS) is 14.7. The molecule has 1 aromatic carbocycles. The summed E-state index contributed by atoms with van der Waals surface area (Å²) in [5.74, 6) is 1.09. The minimum absolute atomic E-state index is 0.157. The number of carbonyl (C=O) groups is 2. The molecule has 0 radical (unpaired) electrons. The van der Waals surface area contributed by atoms with Gasteiger partial charge in [0.2, 0.25) is 0 Å². The molecule has 1 fully saturated rings. The highest BCUT2D eigenvalue weighted by atomic mass is 16.6. The molecule has 1 aliphatic rings. The van der Waals surface area contributed by atoms with Gasteiger partial charge in [0.25, 0.3) is 5.91 Å². The number of nitrogens with zero attached hydrogens (tertiary/aromatic N) is 4. The van der Waals surface area contributed by atoms with E-state index in [1.807, 2.05) is 42.3 Å². The Morgan fingerprint density at radius 2 is 1.80 bits per heavy atom. The summed E-state index contributed by atoms with van der Waals surface area (Å²) in [7, 11) is 5.05. The smallest absolute Gasteiger partial charge is 0.410 e. The van der Waals surface area contributed by atoms with Crippen molar-refractivity contribution in [2.75, 3.05) is 34.3 Å². The molecule has 0 saturated carbocycles. The number of H-pyrrole nitrogens is 1. The summed E-state index contributed by atoms with van der Waals surface area (Å²) in [4.78, 5) is 36.7. The lowest BCUT2D eigenvalue weighted by molar-refractivity contribution is 0.0204. The van der Waals surface area contributed by atoms with Crippen LogP contribution in [-0.2, 0) is 4.74 Å². The number of aromatic amines is 1. The number of methoxy groups -OCH3 is 1. The standard InChI is InChI=1S/C32H41N5O4/c1-19(2)27-23-15-21(20-11-13-36(14-12-20)31(39)41-32(3,4)5)9-10-24(23)33-28(27)22-16-26(40-8)29-34-25(18-37(29)17-22)30(38)35(6)7/h9-10,15-20,33H,11-14H2,1-8H3. The molecule has 218 valence electrons. The number of amides is 2. The number of carbonyl (C=O) groups excluding carboxylic acids is 2. The van der Waals surface area contributed by atoms with Gasteiger partial charge >= 0.3 is 6.09 Å². The maximum Gasteiger partial charge on any atom is 0.410 e. The van der Waals surface area contributed by atoms with Gasteiger partial charge in [-0.15, -0.1) is 0 Å². The molecule has 0 spiro atoms. The lowest BCUT2D eigenvalue weighted by atomic mass is 9.87. The number of nitrogens with one attached hydrogen (secondary N) is 1. The van der Waals surface area contributed by atoms with Crippen LogP contribution in [0.2, 0.25) is 0 Å². The van der Waals surface area contributed by atoms with E-state index in [1.54, 1.807) is 27.4 Å². The number of hydrogen-bond acceptors (Lipinski definition) is 5. The van der Waals surface area contributed by atoms with Crippen molar-refractivity contribution in [2.24, 2.45) is 0 Å². The largest absolute Gasteiger partial charge is 0.493 e. The van der Waals surface area contributed by atoms with Gasteiger partial charge in [0.05, 0.1) is 12.8 Å². The van der Waals surface area contributed by atoms with Gasteiger partial charge in [-0.05, 0) is 74.8 Å². The fraction of sp³-hybridized carbons (Fsp3) is 0.469. The number of pyridine rings is 1. The average Bonchev–Trinajstić information content (AvgIpc) is 3.52. The second-order valence-electron chi connectivity index (χ2n) is 12.5. The molecule has 4 heterocycles. The molecule has 0 bridgehead atoms. The van der Waals surface area contributed by atoms with E-state index in [1.165, 1.54) is 21.4 Å². The molecule has 4 aromatic rings. The monoisotopic (exact) mass is 559 g/mol. The van der Waals surface area contributed by atoms with E-state index in [4.69, 9.17) is 9.47 Å². The summed E-state index contributed by atoms with van der Waals surface area (Å²) in [6.07, 6.45) is 5.33. The Bertz CT molecular complexity index is 1600. The second kappa shape index (κ2) is 10.8. The van der Waals surface area contributed by atoms with Crippen molar-refractivity contribution in [3.8, 4) is 17.0 Å². The number of imidazole rings is 1. The summed E-state index contributed by atoms with van der Waals surface area (Å²) in [6.45, 7) is 11.5. The van der Waals surface area contributed by atoms with E-state index in [0.717, 1.165) is 29.6 Å². The van der Waals surface area contributed by atoms with Crippen LogP contribution < -0.4 is 4.74 Å². The Morgan fingerprint density at radius 3 is 2.41 bits per heavy atom. The molecule has 9 heteroatoms. The molecule has 5 rings (SSSR count). The first-order valence-electron chi connectivity index (χ1n) is 14.3. The first-order valence-corrected chi connectivity index (χ1v) is 14.3. The van der Waals surface area contributed by atoms with Gasteiger partial charge in [-0.1, -0.05) is 19.9 Å². The van der Waals surface area contributed by atoms with Gasteiger partial charge in [-0.25, -0.2) is 9.78 Å². The highest BCUT2D eigenvalue weighted by Crippen LogP contribution is 2.39. The van der Waals surface area contributed by atoms with Gasteiger partial charge in [0, 0.05) is 56.0 Å². The highest BCUT2D eigenvalue weighted by Gasteiger charge is 2.28. The zero-order valence-electron chi connectivity index (χ0n) is 25.4. The van der Waals surface area contributed by atoms with Crippen LogP contribution in [0.15, 0.2) is 36.7 Å². The van der Waals surface area contributed by atoms with Crippen molar-refractivity contribution in [1.82, 2.24) is 24.2 Å².